The van der Waals surface area contributed by atoms with Gasteiger partial charge in [0.1, 0.15) is 0 Å². The Morgan fingerprint density at radius 1 is 1.11 bits per heavy atom. The Hall–Kier alpha value is -2.00. The van der Waals surface area contributed by atoms with Crippen molar-refractivity contribution in [3.05, 3.63) is 59.7 Å². The molecular formula is C14H15ClN2O. The molecule has 0 bridgehead atoms. The molecule has 3 nitrogen and oxygen atoms in total. The molecule has 0 aliphatic rings. The Morgan fingerprint density at radius 2 is 1.83 bits per heavy atom. The minimum absolute atomic E-state index is 0. The second-order valence-corrected chi connectivity index (χ2v) is 3.95. The van der Waals surface area contributed by atoms with Crippen LogP contribution in [0.2, 0.25) is 0 Å². The summed E-state index contributed by atoms with van der Waals surface area (Å²) in [7, 11) is 0. The average molecular weight is 263 g/mol. The second kappa shape index (κ2) is 6.07. The molecule has 0 saturated carbocycles. The summed E-state index contributed by atoms with van der Waals surface area (Å²) in [6.07, 6.45) is 0. The van der Waals surface area contributed by atoms with Crippen molar-refractivity contribution >= 4 is 29.7 Å². The zero-order chi connectivity index (χ0) is 12.3. The Kier molecular flexibility index (Phi) is 4.75. The predicted octanol–water partition coefficient (Wildman–Crippen LogP) is 3.25. The van der Waals surface area contributed by atoms with E-state index in [-0.39, 0.29) is 18.3 Å². The van der Waals surface area contributed by atoms with Crippen LogP contribution in [-0.4, -0.2) is 5.91 Å². The van der Waals surface area contributed by atoms with E-state index < -0.39 is 0 Å². The molecule has 0 atom stereocenters. The van der Waals surface area contributed by atoms with Crippen LogP contribution in [0.3, 0.4) is 0 Å². The van der Waals surface area contributed by atoms with Crippen LogP contribution in [0.4, 0.5) is 11.4 Å². The number of nitrogens with two attached hydrogens (primary N) is 1. The van der Waals surface area contributed by atoms with E-state index in [2.05, 4.69) is 5.32 Å². The lowest BCUT2D eigenvalue weighted by Crippen LogP contribution is -2.12. The van der Waals surface area contributed by atoms with Gasteiger partial charge in [0.2, 0.25) is 0 Å². The van der Waals surface area contributed by atoms with Crippen LogP contribution in [0.5, 0.6) is 0 Å². The Morgan fingerprint density at radius 3 is 2.50 bits per heavy atom. The van der Waals surface area contributed by atoms with Gasteiger partial charge in [-0.15, -0.1) is 12.4 Å². The van der Waals surface area contributed by atoms with Gasteiger partial charge in [-0.3, -0.25) is 4.79 Å². The van der Waals surface area contributed by atoms with Gasteiger partial charge in [-0.05, 0) is 42.8 Å². The van der Waals surface area contributed by atoms with Gasteiger partial charge in [0.15, 0.2) is 0 Å². The first-order valence-electron chi connectivity index (χ1n) is 5.39. The molecule has 3 N–H and O–H groups in total. The van der Waals surface area contributed by atoms with Crippen LogP contribution < -0.4 is 11.1 Å². The standard InChI is InChI=1S/C14H14N2O.ClH/c1-10-4-2-7-13(8-10)16-14(17)11-5-3-6-12(15)9-11;/h2-9H,15H2,1H3,(H,16,17);1H. The first-order valence-corrected chi connectivity index (χ1v) is 5.39. The van der Waals surface area contributed by atoms with E-state index in [1.165, 1.54) is 0 Å². The fourth-order valence-corrected chi connectivity index (χ4v) is 1.61. The van der Waals surface area contributed by atoms with E-state index >= 15 is 0 Å². The highest BCUT2D eigenvalue weighted by molar-refractivity contribution is 6.04. The second-order valence-electron chi connectivity index (χ2n) is 3.95. The van der Waals surface area contributed by atoms with E-state index in [9.17, 15) is 4.79 Å². The summed E-state index contributed by atoms with van der Waals surface area (Å²) in [6, 6.07) is 14.6. The van der Waals surface area contributed by atoms with Crippen molar-refractivity contribution in [3.8, 4) is 0 Å². The predicted molar refractivity (Wildman–Crippen MR) is 77.2 cm³/mol. The zero-order valence-electron chi connectivity index (χ0n) is 10.0. The lowest BCUT2D eigenvalue weighted by atomic mass is 10.1. The van der Waals surface area contributed by atoms with E-state index in [1.54, 1.807) is 24.3 Å². The van der Waals surface area contributed by atoms with Crippen molar-refractivity contribution in [2.24, 2.45) is 0 Å². The fourth-order valence-electron chi connectivity index (χ4n) is 1.61. The van der Waals surface area contributed by atoms with Crippen LogP contribution in [0.1, 0.15) is 15.9 Å². The minimum Gasteiger partial charge on any atom is -0.399 e. The van der Waals surface area contributed by atoms with Crippen molar-refractivity contribution in [1.29, 1.82) is 0 Å². The maximum absolute atomic E-state index is 11.9. The molecule has 0 unspecified atom stereocenters. The highest BCUT2D eigenvalue weighted by atomic mass is 35.5. The first-order chi connectivity index (χ1) is 8.15. The number of nitrogen functional groups attached to an aromatic ring is 1. The van der Waals surface area contributed by atoms with E-state index in [4.69, 9.17) is 5.73 Å². The molecule has 4 heteroatoms. The third-order valence-corrected chi connectivity index (χ3v) is 2.42. The summed E-state index contributed by atoms with van der Waals surface area (Å²) >= 11 is 0. The quantitative estimate of drug-likeness (QED) is 0.817. The lowest BCUT2D eigenvalue weighted by Gasteiger charge is -2.06. The highest BCUT2D eigenvalue weighted by Gasteiger charge is 2.05. The Labute approximate surface area is 112 Å². The summed E-state index contributed by atoms with van der Waals surface area (Å²) in [6.45, 7) is 1.98. The van der Waals surface area contributed by atoms with E-state index in [0.29, 0.717) is 11.3 Å². The molecule has 2 rings (SSSR count). The monoisotopic (exact) mass is 262 g/mol. The summed E-state index contributed by atoms with van der Waals surface area (Å²) in [5, 5.41) is 2.83. The van der Waals surface area contributed by atoms with Crippen LogP contribution >= 0.6 is 12.4 Å². The van der Waals surface area contributed by atoms with Gasteiger partial charge in [0.05, 0.1) is 0 Å². The van der Waals surface area contributed by atoms with Crippen molar-refractivity contribution < 1.29 is 4.79 Å². The smallest absolute Gasteiger partial charge is 0.255 e. The van der Waals surface area contributed by atoms with Gasteiger partial charge in [0, 0.05) is 16.9 Å². The van der Waals surface area contributed by atoms with Gasteiger partial charge < -0.3 is 11.1 Å². The van der Waals surface area contributed by atoms with E-state index in [1.807, 2.05) is 31.2 Å². The fraction of sp³-hybridized carbons (Fsp3) is 0.0714. The number of hydrogen-bond acceptors (Lipinski definition) is 2. The molecular weight excluding hydrogens is 248 g/mol. The Balaban J connectivity index is 0.00000162. The van der Waals surface area contributed by atoms with Crippen molar-refractivity contribution in [2.75, 3.05) is 11.1 Å². The number of rotatable bonds is 2. The summed E-state index contributed by atoms with van der Waals surface area (Å²) < 4.78 is 0. The molecule has 18 heavy (non-hydrogen) atoms. The number of carbonyl (C=O) groups is 1. The largest absolute Gasteiger partial charge is 0.399 e. The molecule has 0 fully saturated rings. The molecule has 1 amide bonds. The average Bonchev–Trinajstić information content (AvgIpc) is 2.29. The molecule has 0 spiro atoms. The molecule has 0 radical (unpaired) electrons. The SMILES string of the molecule is Cc1cccc(NC(=O)c2cccc(N)c2)c1.Cl. The Bertz CT molecular complexity index is 555. The summed E-state index contributed by atoms with van der Waals surface area (Å²) in [5.41, 5.74) is 8.68. The third-order valence-electron chi connectivity index (χ3n) is 2.42. The number of amides is 1. The number of aryl methyl sites for hydroxylation is 1. The maximum atomic E-state index is 11.9. The molecule has 0 saturated heterocycles. The number of carbonyl (C=O) groups excluding carboxylic acids is 1. The van der Waals surface area contributed by atoms with Gasteiger partial charge >= 0.3 is 0 Å². The number of nitrogens with one attached hydrogen (secondary N) is 1. The maximum Gasteiger partial charge on any atom is 0.255 e. The molecule has 2 aromatic rings. The van der Waals surface area contributed by atoms with E-state index in [0.717, 1.165) is 11.3 Å². The number of halogens is 1. The molecule has 94 valence electrons. The van der Waals surface area contributed by atoms with Crippen molar-refractivity contribution in [2.45, 2.75) is 6.92 Å². The summed E-state index contributed by atoms with van der Waals surface area (Å²) in [4.78, 5) is 11.9. The van der Waals surface area contributed by atoms with Crippen molar-refractivity contribution in [1.82, 2.24) is 0 Å². The summed E-state index contributed by atoms with van der Waals surface area (Å²) in [5.74, 6) is -0.150. The number of anilines is 2. The highest BCUT2D eigenvalue weighted by Crippen LogP contribution is 2.12. The van der Waals surface area contributed by atoms with Gasteiger partial charge in [-0.2, -0.15) is 0 Å². The molecule has 0 heterocycles. The zero-order valence-corrected chi connectivity index (χ0v) is 10.8. The van der Waals surface area contributed by atoms with Crippen molar-refractivity contribution in [3.63, 3.8) is 0 Å². The van der Waals surface area contributed by atoms with Crippen LogP contribution in [0, 0.1) is 6.92 Å². The third kappa shape index (κ3) is 3.50. The lowest BCUT2D eigenvalue weighted by molar-refractivity contribution is 0.102. The first kappa shape index (κ1) is 14.1. The van der Waals surface area contributed by atoms with Gasteiger partial charge in [0.25, 0.3) is 5.91 Å². The number of benzene rings is 2. The molecule has 0 aromatic heterocycles. The minimum atomic E-state index is -0.150. The van der Waals surface area contributed by atoms with Crippen LogP contribution in [0.15, 0.2) is 48.5 Å². The van der Waals surface area contributed by atoms with Gasteiger partial charge in [-0.1, -0.05) is 18.2 Å². The number of hydrogen-bond donors (Lipinski definition) is 2. The van der Waals surface area contributed by atoms with Crippen LogP contribution in [0.25, 0.3) is 0 Å². The molecule has 0 aliphatic carbocycles. The molecule has 2 aromatic carbocycles. The van der Waals surface area contributed by atoms with Gasteiger partial charge in [-0.25, -0.2) is 0 Å². The normalized spacial score (nSPS) is 9.39. The topological polar surface area (TPSA) is 55.1 Å². The van der Waals surface area contributed by atoms with Crippen LogP contribution in [-0.2, 0) is 0 Å². The molecule has 0 aliphatic heterocycles.